The van der Waals surface area contributed by atoms with Crippen molar-refractivity contribution < 1.29 is 14.6 Å². The predicted octanol–water partition coefficient (Wildman–Crippen LogP) is 7.95. The summed E-state index contributed by atoms with van der Waals surface area (Å²) in [4.78, 5) is 0. The monoisotopic (exact) mass is 482 g/mol. The highest BCUT2D eigenvalue weighted by Crippen LogP contribution is 2.61. The van der Waals surface area contributed by atoms with E-state index in [1.807, 2.05) is 13.8 Å². The van der Waals surface area contributed by atoms with Crippen LogP contribution in [0, 0.1) is 29.1 Å². The second-order valence-corrected chi connectivity index (χ2v) is 18.9. The molecule has 33 heavy (non-hydrogen) atoms. The highest BCUT2D eigenvalue weighted by Gasteiger charge is 2.56. The minimum absolute atomic E-state index is 0.0984. The SMILES string of the molecule is C[C@H](CCO[Si](C)(C)C(C)(C)C)[C@H]1CC[C@H]2[C@@H](O)CC[C@@H](CCCCCCC(C)(C)O)[C@]12C. The van der Waals surface area contributed by atoms with Gasteiger partial charge in [0.15, 0.2) is 8.32 Å². The molecular formula is C29H58O3Si. The van der Waals surface area contributed by atoms with Gasteiger partial charge in [-0.05, 0) is 106 Å². The molecule has 0 unspecified atom stereocenters. The van der Waals surface area contributed by atoms with Crippen LogP contribution in [-0.2, 0) is 4.43 Å². The Labute approximate surface area is 207 Å². The number of aliphatic hydroxyl groups is 2. The first-order chi connectivity index (χ1) is 15.1. The van der Waals surface area contributed by atoms with Crippen molar-refractivity contribution in [3.05, 3.63) is 0 Å². The van der Waals surface area contributed by atoms with E-state index in [1.165, 1.54) is 44.9 Å². The second kappa shape index (κ2) is 11.4. The number of rotatable bonds is 12. The molecule has 2 fully saturated rings. The molecule has 0 amide bonds. The zero-order chi connectivity index (χ0) is 25.1. The molecule has 0 aromatic heterocycles. The minimum Gasteiger partial charge on any atom is -0.417 e. The summed E-state index contributed by atoms with van der Waals surface area (Å²) in [6, 6.07) is 0. The lowest BCUT2D eigenvalue weighted by molar-refractivity contribution is -0.0733. The normalized spacial score (nSPS) is 32.1. The fourth-order valence-corrected chi connectivity index (χ4v) is 7.99. The van der Waals surface area contributed by atoms with Gasteiger partial charge >= 0.3 is 0 Å². The van der Waals surface area contributed by atoms with Crippen LogP contribution < -0.4 is 0 Å². The van der Waals surface area contributed by atoms with Crippen molar-refractivity contribution in [3.8, 4) is 0 Å². The lowest BCUT2D eigenvalue weighted by Gasteiger charge is -2.51. The Morgan fingerprint density at radius 3 is 2.21 bits per heavy atom. The molecule has 0 aromatic rings. The molecule has 2 N–H and O–H groups in total. The lowest BCUT2D eigenvalue weighted by Crippen LogP contribution is -2.47. The molecule has 6 atom stereocenters. The van der Waals surface area contributed by atoms with E-state index in [0.717, 1.165) is 38.2 Å². The second-order valence-electron chi connectivity index (χ2n) is 14.1. The summed E-state index contributed by atoms with van der Waals surface area (Å²) in [6.07, 6.45) is 12.9. The molecule has 0 radical (unpaired) electrons. The summed E-state index contributed by atoms with van der Waals surface area (Å²) in [5, 5.41) is 21.1. The quantitative estimate of drug-likeness (QED) is 0.219. The number of hydrogen-bond donors (Lipinski definition) is 2. The first-order valence-corrected chi connectivity index (χ1v) is 17.0. The average Bonchev–Trinajstić information content (AvgIpc) is 3.03. The molecule has 0 aliphatic heterocycles. The van der Waals surface area contributed by atoms with Gasteiger partial charge in [-0.2, -0.15) is 0 Å². The molecular weight excluding hydrogens is 424 g/mol. The average molecular weight is 483 g/mol. The van der Waals surface area contributed by atoms with Gasteiger partial charge in [-0.1, -0.05) is 60.3 Å². The third-order valence-corrected chi connectivity index (χ3v) is 14.7. The topological polar surface area (TPSA) is 49.7 Å². The Morgan fingerprint density at radius 1 is 0.970 bits per heavy atom. The molecule has 0 heterocycles. The van der Waals surface area contributed by atoms with Crippen LogP contribution in [0.2, 0.25) is 18.1 Å². The molecule has 0 saturated heterocycles. The first kappa shape index (κ1) is 29.3. The van der Waals surface area contributed by atoms with E-state index in [1.54, 1.807) is 0 Å². The van der Waals surface area contributed by atoms with Crippen LogP contribution in [-0.4, -0.2) is 36.8 Å². The predicted molar refractivity (Wildman–Crippen MR) is 144 cm³/mol. The molecule has 2 aliphatic carbocycles. The molecule has 0 spiro atoms. The molecule has 3 nitrogen and oxygen atoms in total. The van der Waals surface area contributed by atoms with Gasteiger partial charge in [-0.15, -0.1) is 0 Å². The third-order valence-electron chi connectivity index (χ3n) is 10.2. The van der Waals surface area contributed by atoms with E-state index in [9.17, 15) is 10.2 Å². The van der Waals surface area contributed by atoms with E-state index in [4.69, 9.17) is 4.43 Å². The maximum Gasteiger partial charge on any atom is 0.191 e. The fourth-order valence-electron chi connectivity index (χ4n) is 6.93. The van der Waals surface area contributed by atoms with E-state index in [2.05, 4.69) is 47.7 Å². The van der Waals surface area contributed by atoms with Gasteiger partial charge in [0.2, 0.25) is 0 Å². The Hall–Kier alpha value is 0.0969. The van der Waals surface area contributed by atoms with Crippen LogP contribution in [0.25, 0.3) is 0 Å². The van der Waals surface area contributed by atoms with Gasteiger partial charge in [0.05, 0.1) is 11.7 Å². The van der Waals surface area contributed by atoms with Gasteiger partial charge in [-0.3, -0.25) is 0 Å². The van der Waals surface area contributed by atoms with Crippen molar-refractivity contribution in [1.82, 2.24) is 0 Å². The van der Waals surface area contributed by atoms with Crippen molar-refractivity contribution in [2.45, 2.75) is 149 Å². The van der Waals surface area contributed by atoms with E-state index >= 15 is 0 Å². The van der Waals surface area contributed by atoms with Gasteiger partial charge in [0.25, 0.3) is 0 Å². The fraction of sp³-hybridized carbons (Fsp3) is 1.00. The smallest absolute Gasteiger partial charge is 0.191 e. The Kier molecular flexibility index (Phi) is 10.2. The number of hydrogen-bond acceptors (Lipinski definition) is 3. The van der Waals surface area contributed by atoms with Crippen LogP contribution in [0.15, 0.2) is 0 Å². The van der Waals surface area contributed by atoms with Crippen molar-refractivity contribution in [3.63, 3.8) is 0 Å². The summed E-state index contributed by atoms with van der Waals surface area (Å²) >= 11 is 0. The van der Waals surface area contributed by atoms with Gasteiger partial charge in [0, 0.05) is 6.61 Å². The summed E-state index contributed by atoms with van der Waals surface area (Å²) in [6.45, 7) is 21.4. The van der Waals surface area contributed by atoms with Gasteiger partial charge < -0.3 is 14.6 Å². The van der Waals surface area contributed by atoms with Crippen molar-refractivity contribution >= 4 is 8.32 Å². The lowest BCUT2D eigenvalue weighted by atomic mass is 9.55. The number of aliphatic hydroxyl groups excluding tert-OH is 1. The van der Waals surface area contributed by atoms with Gasteiger partial charge in [-0.25, -0.2) is 0 Å². The zero-order valence-corrected chi connectivity index (χ0v) is 24.7. The molecule has 2 aliphatic rings. The Morgan fingerprint density at radius 2 is 1.61 bits per heavy atom. The molecule has 0 bridgehead atoms. The maximum atomic E-state index is 10.9. The summed E-state index contributed by atoms with van der Waals surface area (Å²) in [5.41, 5.74) is -0.247. The standard InChI is InChI=1S/C29H58O3Si/c1-22(19-21-32-33(8,9)27(2,3)4)24-16-17-25-26(30)18-15-23(29(24,25)7)14-12-10-11-13-20-28(5,6)31/h22-26,30-31H,10-21H2,1-9H3/t22-,23-,24-,25+,26+,29-/m1/s1. The van der Waals surface area contributed by atoms with Crippen LogP contribution in [0.4, 0.5) is 0 Å². The highest BCUT2D eigenvalue weighted by atomic mass is 28.4. The van der Waals surface area contributed by atoms with Crippen LogP contribution >= 0.6 is 0 Å². The molecule has 4 heteroatoms. The molecule has 196 valence electrons. The van der Waals surface area contributed by atoms with Crippen molar-refractivity contribution in [1.29, 1.82) is 0 Å². The van der Waals surface area contributed by atoms with Crippen molar-refractivity contribution in [2.24, 2.45) is 29.1 Å². The zero-order valence-electron chi connectivity index (χ0n) is 23.7. The highest BCUT2D eigenvalue weighted by molar-refractivity contribution is 6.74. The van der Waals surface area contributed by atoms with E-state index < -0.39 is 13.9 Å². The summed E-state index contributed by atoms with van der Waals surface area (Å²) < 4.78 is 6.54. The Bertz CT molecular complexity index is 591. The van der Waals surface area contributed by atoms with E-state index in [0.29, 0.717) is 17.8 Å². The van der Waals surface area contributed by atoms with Crippen molar-refractivity contribution in [2.75, 3.05) is 6.61 Å². The number of unbranched alkanes of at least 4 members (excludes halogenated alkanes) is 3. The first-order valence-electron chi connectivity index (χ1n) is 14.1. The summed E-state index contributed by atoms with van der Waals surface area (Å²) in [5.74, 6) is 2.60. The Balaban J connectivity index is 1.93. The van der Waals surface area contributed by atoms with Crippen LogP contribution in [0.3, 0.4) is 0 Å². The van der Waals surface area contributed by atoms with Crippen LogP contribution in [0.1, 0.15) is 119 Å². The number of fused-ring (bicyclic) bond motifs is 1. The van der Waals surface area contributed by atoms with Gasteiger partial charge in [0.1, 0.15) is 0 Å². The largest absolute Gasteiger partial charge is 0.417 e. The van der Waals surface area contributed by atoms with Crippen LogP contribution in [0.5, 0.6) is 0 Å². The summed E-state index contributed by atoms with van der Waals surface area (Å²) in [7, 11) is -1.69. The molecule has 0 aromatic carbocycles. The molecule has 2 rings (SSSR count). The molecule has 2 saturated carbocycles. The third kappa shape index (κ3) is 7.54. The van der Waals surface area contributed by atoms with E-state index in [-0.39, 0.29) is 16.6 Å². The maximum absolute atomic E-state index is 10.9. The minimum atomic E-state index is -1.69.